The molecule has 0 unspecified atom stereocenters. The largest absolute Gasteiger partial charge is 0.285 e. The summed E-state index contributed by atoms with van der Waals surface area (Å²) in [4.78, 5) is 23.6. The molecule has 0 saturated heterocycles. The smallest absolute Gasteiger partial charge is 0.233 e. The maximum atomic E-state index is 12.9. The molecule has 2 rings (SSSR count). The number of carbonyl (C=O) groups is 2. The Kier molecular flexibility index (Phi) is 3.10. The second kappa shape index (κ2) is 4.70. The summed E-state index contributed by atoms with van der Waals surface area (Å²) in [5, 5.41) is 0. The van der Waals surface area contributed by atoms with Gasteiger partial charge >= 0.3 is 0 Å². The quantitative estimate of drug-likeness (QED) is 0.598. The van der Waals surface area contributed by atoms with Gasteiger partial charge in [0, 0.05) is 11.1 Å². The van der Waals surface area contributed by atoms with Crippen molar-refractivity contribution in [1.29, 1.82) is 0 Å². The maximum absolute atomic E-state index is 12.9. The number of ketones is 2. The van der Waals surface area contributed by atoms with Gasteiger partial charge in [-0.05, 0) is 12.1 Å². The van der Waals surface area contributed by atoms with Gasteiger partial charge in [-0.2, -0.15) is 0 Å². The number of halogens is 1. The lowest BCUT2D eigenvalue weighted by Gasteiger charge is -2.00. The molecule has 0 N–H and O–H groups in total. The minimum Gasteiger partial charge on any atom is -0.285 e. The highest BCUT2D eigenvalue weighted by Crippen LogP contribution is 2.09. The van der Waals surface area contributed by atoms with Crippen LogP contribution >= 0.6 is 0 Å². The van der Waals surface area contributed by atoms with Crippen LogP contribution in [0, 0.1) is 5.82 Å². The second-order valence-electron chi connectivity index (χ2n) is 3.53. The van der Waals surface area contributed by atoms with Crippen molar-refractivity contribution in [2.24, 2.45) is 0 Å². The minimum atomic E-state index is -0.698. The number of Topliss-reactive ketones (excluding diaryl/α,β-unsaturated/α-hetero) is 2. The van der Waals surface area contributed by atoms with E-state index in [2.05, 4.69) is 0 Å². The average molecular weight is 228 g/mol. The number of benzene rings is 2. The standard InChI is InChI=1S/C14H9FO2/c15-12-8-4-7-11(9-12)14(17)13(16)10-5-2-1-3-6-10/h1-9H. The molecular weight excluding hydrogens is 219 g/mol. The predicted molar refractivity (Wildman–Crippen MR) is 61.5 cm³/mol. The monoisotopic (exact) mass is 228 g/mol. The molecule has 0 amide bonds. The number of rotatable bonds is 3. The summed E-state index contributed by atoms with van der Waals surface area (Å²) in [6, 6.07) is 13.3. The fourth-order valence-electron chi connectivity index (χ4n) is 1.48. The summed E-state index contributed by atoms with van der Waals surface area (Å²) < 4.78 is 12.9. The lowest BCUT2D eigenvalue weighted by atomic mass is 10.0. The molecule has 17 heavy (non-hydrogen) atoms. The van der Waals surface area contributed by atoms with Gasteiger partial charge < -0.3 is 0 Å². The molecule has 2 aromatic carbocycles. The first kappa shape index (κ1) is 11.2. The molecule has 2 aromatic rings. The molecule has 3 heteroatoms. The van der Waals surface area contributed by atoms with Gasteiger partial charge in [-0.1, -0.05) is 42.5 Å². The normalized spacial score (nSPS) is 9.94. The van der Waals surface area contributed by atoms with E-state index in [0.29, 0.717) is 5.56 Å². The molecule has 0 heterocycles. The summed E-state index contributed by atoms with van der Waals surface area (Å²) in [7, 11) is 0. The van der Waals surface area contributed by atoms with Crippen LogP contribution in [0.2, 0.25) is 0 Å². The molecule has 0 saturated carbocycles. The van der Waals surface area contributed by atoms with E-state index in [4.69, 9.17) is 0 Å². The molecule has 0 spiro atoms. The van der Waals surface area contributed by atoms with E-state index < -0.39 is 17.4 Å². The van der Waals surface area contributed by atoms with Gasteiger partial charge in [0.2, 0.25) is 11.6 Å². The Morgan fingerprint density at radius 2 is 1.35 bits per heavy atom. The van der Waals surface area contributed by atoms with E-state index in [1.807, 2.05) is 0 Å². The molecule has 0 atom stereocenters. The molecule has 84 valence electrons. The van der Waals surface area contributed by atoms with Crippen molar-refractivity contribution in [2.45, 2.75) is 0 Å². The van der Waals surface area contributed by atoms with Crippen molar-refractivity contribution in [3.8, 4) is 0 Å². The molecule has 0 fully saturated rings. The van der Waals surface area contributed by atoms with E-state index in [9.17, 15) is 14.0 Å². The molecule has 0 bridgehead atoms. The summed E-state index contributed by atoms with van der Waals surface area (Å²) in [5.74, 6) is -1.86. The SMILES string of the molecule is O=C(C(=O)c1cccc(F)c1)c1ccccc1. The third kappa shape index (κ3) is 2.45. The molecule has 0 aliphatic carbocycles. The Hall–Kier alpha value is -2.29. The third-order valence-corrected chi connectivity index (χ3v) is 2.33. The van der Waals surface area contributed by atoms with E-state index in [1.54, 1.807) is 30.3 Å². The molecule has 0 radical (unpaired) electrons. The summed E-state index contributed by atoms with van der Waals surface area (Å²) in [5.41, 5.74) is 0.376. The van der Waals surface area contributed by atoms with Gasteiger partial charge in [0.15, 0.2) is 0 Å². The summed E-state index contributed by atoms with van der Waals surface area (Å²) >= 11 is 0. The van der Waals surface area contributed by atoms with E-state index >= 15 is 0 Å². The lowest BCUT2D eigenvalue weighted by molar-refractivity contribution is 0.0816. The summed E-state index contributed by atoms with van der Waals surface area (Å²) in [6.45, 7) is 0. The van der Waals surface area contributed by atoms with Crippen LogP contribution in [0.4, 0.5) is 4.39 Å². The van der Waals surface area contributed by atoms with Crippen LogP contribution in [0.1, 0.15) is 20.7 Å². The van der Waals surface area contributed by atoms with Gasteiger partial charge in [0.25, 0.3) is 0 Å². The molecule has 0 aromatic heterocycles. The zero-order chi connectivity index (χ0) is 12.3. The van der Waals surface area contributed by atoms with Crippen LogP contribution in [0.5, 0.6) is 0 Å². The number of carbonyl (C=O) groups excluding carboxylic acids is 2. The van der Waals surface area contributed by atoms with Crippen LogP contribution in [0.3, 0.4) is 0 Å². The Bertz CT molecular complexity index is 561. The first-order valence-electron chi connectivity index (χ1n) is 5.08. The van der Waals surface area contributed by atoms with E-state index in [-0.39, 0.29) is 5.56 Å². The molecule has 0 aliphatic rings. The average Bonchev–Trinajstić information content (AvgIpc) is 2.38. The van der Waals surface area contributed by atoms with Crippen LogP contribution in [-0.4, -0.2) is 11.6 Å². The Balaban J connectivity index is 2.30. The fourth-order valence-corrected chi connectivity index (χ4v) is 1.48. The van der Waals surface area contributed by atoms with E-state index in [1.165, 1.54) is 18.2 Å². The highest BCUT2D eigenvalue weighted by atomic mass is 19.1. The van der Waals surface area contributed by atoms with Gasteiger partial charge in [0.1, 0.15) is 5.82 Å². The molecule has 0 aliphatic heterocycles. The van der Waals surface area contributed by atoms with Crippen molar-refractivity contribution in [3.63, 3.8) is 0 Å². The lowest BCUT2D eigenvalue weighted by Crippen LogP contribution is -2.14. The minimum absolute atomic E-state index is 0.0684. The zero-order valence-electron chi connectivity index (χ0n) is 8.89. The highest BCUT2D eigenvalue weighted by Gasteiger charge is 2.17. The maximum Gasteiger partial charge on any atom is 0.233 e. The first-order chi connectivity index (χ1) is 8.18. The van der Waals surface area contributed by atoms with Gasteiger partial charge in [-0.3, -0.25) is 9.59 Å². The van der Waals surface area contributed by atoms with Crippen molar-refractivity contribution < 1.29 is 14.0 Å². The van der Waals surface area contributed by atoms with E-state index in [0.717, 1.165) is 6.07 Å². The van der Waals surface area contributed by atoms with Crippen molar-refractivity contribution in [3.05, 3.63) is 71.5 Å². The molecule has 2 nitrogen and oxygen atoms in total. The molecular formula is C14H9FO2. The fraction of sp³-hybridized carbons (Fsp3) is 0. The predicted octanol–water partition coefficient (Wildman–Crippen LogP) is 2.89. The third-order valence-electron chi connectivity index (χ3n) is 2.33. The van der Waals surface area contributed by atoms with Crippen molar-refractivity contribution in [1.82, 2.24) is 0 Å². The van der Waals surface area contributed by atoms with Gasteiger partial charge in [-0.25, -0.2) is 4.39 Å². The topological polar surface area (TPSA) is 34.1 Å². The van der Waals surface area contributed by atoms with Crippen LogP contribution in [0.15, 0.2) is 54.6 Å². The Labute approximate surface area is 97.7 Å². The van der Waals surface area contributed by atoms with Gasteiger partial charge in [-0.15, -0.1) is 0 Å². The Morgan fingerprint density at radius 3 is 2.00 bits per heavy atom. The van der Waals surface area contributed by atoms with Crippen molar-refractivity contribution >= 4 is 11.6 Å². The van der Waals surface area contributed by atoms with Crippen molar-refractivity contribution in [2.75, 3.05) is 0 Å². The van der Waals surface area contributed by atoms with Gasteiger partial charge in [0.05, 0.1) is 0 Å². The zero-order valence-corrected chi connectivity index (χ0v) is 8.89. The number of hydrogen-bond acceptors (Lipinski definition) is 2. The highest BCUT2D eigenvalue weighted by molar-refractivity contribution is 6.49. The van der Waals surface area contributed by atoms with Crippen LogP contribution in [0.25, 0.3) is 0 Å². The summed E-state index contributed by atoms with van der Waals surface area (Å²) in [6.07, 6.45) is 0. The van der Waals surface area contributed by atoms with Crippen LogP contribution in [-0.2, 0) is 0 Å². The number of hydrogen-bond donors (Lipinski definition) is 0. The first-order valence-corrected chi connectivity index (χ1v) is 5.08. The second-order valence-corrected chi connectivity index (χ2v) is 3.53. The van der Waals surface area contributed by atoms with Crippen LogP contribution < -0.4 is 0 Å². The Morgan fingerprint density at radius 1 is 0.765 bits per heavy atom.